The van der Waals surface area contributed by atoms with Gasteiger partial charge in [-0.25, -0.2) is 4.57 Å². The van der Waals surface area contributed by atoms with Crippen molar-refractivity contribution in [3.8, 4) is 0 Å². The van der Waals surface area contributed by atoms with Crippen LogP contribution in [0.1, 0.15) is 90.9 Å². The second-order valence-electron chi connectivity index (χ2n) is 9.70. The van der Waals surface area contributed by atoms with E-state index in [1.165, 1.54) is 0 Å². The number of aliphatic hydroxyl groups excluding tert-OH is 1. The van der Waals surface area contributed by atoms with Gasteiger partial charge in [-0.3, -0.25) is 18.6 Å². The lowest BCUT2D eigenvalue weighted by atomic mass is 10.2. The Morgan fingerprint density at radius 3 is 1.81 bits per heavy atom. The summed E-state index contributed by atoms with van der Waals surface area (Å²) in [4.78, 5) is 33.1. The second kappa shape index (κ2) is 29.5. The van der Waals surface area contributed by atoms with Crippen LogP contribution in [0.2, 0.25) is 0 Å². The van der Waals surface area contributed by atoms with Crippen molar-refractivity contribution in [3.05, 3.63) is 72.9 Å². The molecule has 0 aromatic heterocycles. The van der Waals surface area contributed by atoms with E-state index < -0.39 is 26.5 Å². The Labute approximate surface area is 259 Å². The van der Waals surface area contributed by atoms with E-state index in [0.717, 1.165) is 57.8 Å². The van der Waals surface area contributed by atoms with Gasteiger partial charge in [0.25, 0.3) is 0 Å². The van der Waals surface area contributed by atoms with Gasteiger partial charge in [0.05, 0.1) is 13.2 Å². The monoisotopic (exact) mass is 623 g/mol. The van der Waals surface area contributed by atoms with Crippen molar-refractivity contribution < 1.29 is 37.9 Å². The molecule has 0 aliphatic rings. The Kier molecular flexibility index (Phi) is 27.8. The first kappa shape index (κ1) is 40.5. The molecule has 9 nitrogen and oxygen atoms in total. The maximum Gasteiger partial charge on any atom is 0.472 e. The van der Waals surface area contributed by atoms with Crippen LogP contribution >= 0.6 is 7.82 Å². The van der Waals surface area contributed by atoms with Gasteiger partial charge in [-0.2, -0.15) is 0 Å². The fourth-order valence-electron chi connectivity index (χ4n) is 3.34. The molecule has 0 fully saturated rings. The van der Waals surface area contributed by atoms with Crippen LogP contribution in [0.15, 0.2) is 72.9 Å². The zero-order chi connectivity index (χ0) is 31.9. The molecule has 0 aromatic rings. The molecule has 0 saturated heterocycles. The Balaban J connectivity index is 3.81. The van der Waals surface area contributed by atoms with E-state index in [0.29, 0.717) is 12.8 Å². The van der Waals surface area contributed by atoms with E-state index in [9.17, 15) is 24.2 Å². The highest BCUT2D eigenvalue weighted by Crippen LogP contribution is 2.42. The highest BCUT2D eigenvalue weighted by molar-refractivity contribution is 7.47. The lowest BCUT2D eigenvalue weighted by Crippen LogP contribution is -2.27. The average Bonchev–Trinajstić information content (AvgIpc) is 2.98. The summed E-state index contributed by atoms with van der Waals surface area (Å²) in [5.41, 5.74) is 0. The first-order chi connectivity index (χ1) is 20.8. The van der Waals surface area contributed by atoms with Crippen LogP contribution in [0.25, 0.3) is 0 Å². The van der Waals surface area contributed by atoms with Gasteiger partial charge in [0.15, 0.2) is 0 Å². The van der Waals surface area contributed by atoms with Crippen LogP contribution in [0.5, 0.6) is 0 Å². The molecule has 3 N–H and O–H groups in total. The number of amides is 1. The molecule has 10 heteroatoms. The van der Waals surface area contributed by atoms with Crippen LogP contribution < -0.4 is 5.32 Å². The molecule has 0 bridgehead atoms. The molecule has 2 unspecified atom stereocenters. The molecule has 0 heterocycles. The van der Waals surface area contributed by atoms with E-state index >= 15 is 0 Å². The molecule has 1 amide bonds. The largest absolute Gasteiger partial charge is 0.472 e. The van der Waals surface area contributed by atoms with Crippen LogP contribution in [0.3, 0.4) is 0 Å². The van der Waals surface area contributed by atoms with Crippen LogP contribution in [0.4, 0.5) is 0 Å². The first-order valence-corrected chi connectivity index (χ1v) is 16.9. The minimum Gasteiger partial charge on any atom is -0.463 e. The lowest BCUT2D eigenvalue weighted by Gasteiger charge is -2.15. The fourth-order valence-corrected chi connectivity index (χ4v) is 4.10. The minimum atomic E-state index is -4.41. The van der Waals surface area contributed by atoms with Crippen LogP contribution in [-0.4, -0.2) is 54.3 Å². The van der Waals surface area contributed by atoms with Crippen molar-refractivity contribution in [2.45, 2.75) is 97.0 Å². The highest BCUT2D eigenvalue weighted by Gasteiger charge is 2.23. The number of phosphoric acid groups is 1. The van der Waals surface area contributed by atoms with Gasteiger partial charge in [-0.15, -0.1) is 0 Å². The summed E-state index contributed by atoms with van der Waals surface area (Å²) in [7, 11) is -4.41. The quantitative estimate of drug-likeness (QED) is 0.0379. The van der Waals surface area contributed by atoms with Crippen molar-refractivity contribution in [3.63, 3.8) is 0 Å². The molecule has 43 heavy (non-hydrogen) atoms. The number of unbranched alkanes of at least 4 members (excludes halogenated alkanes) is 2. The van der Waals surface area contributed by atoms with Gasteiger partial charge in [0.1, 0.15) is 12.7 Å². The van der Waals surface area contributed by atoms with Gasteiger partial charge in [0.2, 0.25) is 5.91 Å². The molecule has 0 aliphatic carbocycles. The number of esters is 1. The summed E-state index contributed by atoms with van der Waals surface area (Å²) in [5, 5.41) is 12.5. The highest BCUT2D eigenvalue weighted by atomic mass is 31.2. The topological polar surface area (TPSA) is 131 Å². The molecule has 244 valence electrons. The number of rotatable bonds is 27. The van der Waals surface area contributed by atoms with E-state index in [2.05, 4.69) is 73.0 Å². The molecule has 0 aromatic carbocycles. The summed E-state index contributed by atoms with van der Waals surface area (Å²) in [6, 6.07) is 0. The van der Waals surface area contributed by atoms with Gasteiger partial charge in [0, 0.05) is 19.4 Å². The zero-order valence-corrected chi connectivity index (χ0v) is 27.0. The Bertz CT molecular complexity index is 939. The third-order valence-electron chi connectivity index (χ3n) is 5.66. The molecule has 0 rings (SSSR count). The number of ether oxygens (including phenoxy) is 1. The molecule has 0 radical (unpaired) electrons. The Morgan fingerprint density at radius 2 is 1.28 bits per heavy atom. The van der Waals surface area contributed by atoms with E-state index in [1.54, 1.807) is 0 Å². The van der Waals surface area contributed by atoms with Gasteiger partial charge in [-0.05, 0) is 51.4 Å². The summed E-state index contributed by atoms with van der Waals surface area (Å²) < 4.78 is 26.3. The second-order valence-corrected chi connectivity index (χ2v) is 11.1. The van der Waals surface area contributed by atoms with Gasteiger partial charge in [-0.1, -0.05) is 99.6 Å². The summed E-state index contributed by atoms with van der Waals surface area (Å²) in [6.45, 7) is 3.12. The molecule has 0 aliphatic heterocycles. The lowest BCUT2D eigenvalue weighted by molar-refractivity contribution is -0.147. The fraction of sp³-hybridized carbons (Fsp3) is 0.576. The van der Waals surface area contributed by atoms with Gasteiger partial charge < -0.3 is 20.1 Å². The third kappa shape index (κ3) is 30.7. The Morgan fingerprint density at radius 1 is 0.744 bits per heavy atom. The van der Waals surface area contributed by atoms with Crippen molar-refractivity contribution in [2.24, 2.45) is 0 Å². The number of allylic oxidation sites excluding steroid dienone is 12. The van der Waals surface area contributed by atoms with E-state index in [4.69, 9.17) is 13.8 Å². The Hall–Kier alpha value is -2.55. The normalized spacial score (nSPS) is 14.6. The summed E-state index contributed by atoms with van der Waals surface area (Å²) in [6.07, 6.45) is 33.5. The summed E-state index contributed by atoms with van der Waals surface area (Å²) >= 11 is 0. The number of carbonyl (C=O) groups is 2. The first-order valence-electron chi connectivity index (χ1n) is 15.4. The number of hydrogen-bond donors (Lipinski definition) is 3. The minimum absolute atomic E-state index is 0.0653. The maximum absolute atomic E-state index is 11.9. The molecule has 0 saturated carbocycles. The van der Waals surface area contributed by atoms with Crippen molar-refractivity contribution in [1.29, 1.82) is 0 Å². The van der Waals surface area contributed by atoms with Crippen LogP contribution in [-0.2, 0) is 27.9 Å². The van der Waals surface area contributed by atoms with Crippen LogP contribution in [0, 0.1) is 0 Å². The predicted octanol–water partition coefficient (Wildman–Crippen LogP) is 7.20. The number of carbonyl (C=O) groups excluding carboxylic acids is 2. The zero-order valence-electron chi connectivity index (χ0n) is 26.1. The molecular formula is C33H54NO8P. The third-order valence-corrected chi connectivity index (χ3v) is 6.65. The number of nitrogens with one attached hydrogen (secondary N) is 1. The molecular weight excluding hydrogens is 569 g/mol. The number of phosphoric ester groups is 1. The number of aliphatic hydroxyl groups is 1. The summed E-state index contributed by atoms with van der Waals surface area (Å²) in [5.74, 6) is -0.638. The molecule has 0 spiro atoms. The average molecular weight is 624 g/mol. The van der Waals surface area contributed by atoms with Crippen molar-refractivity contribution >= 4 is 19.7 Å². The SMILES string of the molecule is CC/C=C\C/C=C\C/C=C\C/C=C\C/C=C\C/C=C\CCC(=O)OCC(O)COP(=O)(O)OCCNC(=O)CCCCC. The van der Waals surface area contributed by atoms with E-state index in [-0.39, 0.29) is 32.1 Å². The maximum atomic E-state index is 11.9. The smallest absolute Gasteiger partial charge is 0.463 e. The van der Waals surface area contributed by atoms with Crippen molar-refractivity contribution in [1.82, 2.24) is 5.32 Å². The van der Waals surface area contributed by atoms with Crippen molar-refractivity contribution in [2.75, 3.05) is 26.4 Å². The predicted molar refractivity (Wildman–Crippen MR) is 173 cm³/mol. The van der Waals surface area contributed by atoms with Gasteiger partial charge >= 0.3 is 13.8 Å². The standard InChI is InChI=1S/C33H54NO8P/c1-3-5-7-8-9-10-11-12-13-14-15-16-17-18-19-20-21-22-24-26-33(37)40-29-31(35)30-42-43(38,39)41-28-27-34-32(36)25-23-6-4-2/h5,7,9-10,12-13,15-16,18-19,21-22,31,35H,3-4,6,8,11,14,17,20,23-30H2,1-2H3,(H,34,36)(H,38,39)/b7-5-,10-9-,13-12-,16-15-,19-18-,22-21-. The number of hydrogen-bond acceptors (Lipinski definition) is 7. The molecule has 2 atom stereocenters. The van der Waals surface area contributed by atoms with E-state index in [1.807, 2.05) is 19.1 Å².